The minimum absolute atomic E-state index is 0.333. The second kappa shape index (κ2) is 27.4. The van der Waals surface area contributed by atoms with Crippen LogP contribution in [-0.4, -0.2) is 39.3 Å². The first-order chi connectivity index (χ1) is 14.1. The van der Waals surface area contributed by atoms with Crippen LogP contribution in [0.5, 0.6) is 0 Å². The number of nitrogens with two attached hydrogens (primary N) is 1. The van der Waals surface area contributed by atoms with Crippen molar-refractivity contribution in [2.75, 3.05) is 0 Å². The van der Waals surface area contributed by atoms with Gasteiger partial charge < -0.3 is 21.1 Å². The van der Waals surface area contributed by atoms with E-state index in [9.17, 15) is 14.4 Å². The average Bonchev–Trinajstić information content (AvgIpc) is 2.64. The molecular weight excluding hydrogens is 386 g/mol. The molecule has 0 fully saturated rings. The SMILES string of the molecule is CC(N)=O.CC(O)C(=O)O.CCCCCCCCCCCCCCCCCC(=O)O. The van der Waals surface area contributed by atoms with Crippen molar-refractivity contribution >= 4 is 17.8 Å². The number of hydrogen-bond donors (Lipinski definition) is 4. The molecule has 1 amide bonds. The van der Waals surface area contributed by atoms with E-state index in [1.54, 1.807) is 0 Å². The van der Waals surface area contributed by atoms with Gasteiger partial charge in [0.25, 0.3) is 0 Å². The minimum atomic E-state index is -1.23. The summed E-state index contributed by atoms with van der Waals surface area (Å²) >= 11 is 0. The van der Waals surface area contributed by atoms with Crippen molar-refractivity contribution < 1.29 is 29.7 Å². The molecule has 0 aliphatic carbocycles. The molecule has 5 N–H and O–H groups in total. The zero-order valence-corrected chi connectivity index (χ0v) is 19.5. The van der Waals surface area contributed by atoms with E-state index in [2.05, 4.69) is 12.7 Å². The molecular formula is C23H47NO6. The third-order valence-electron chi connectivity index (χ3n) is 4.35. The van der Waals surface area contributed by atoms with Gasteiger partial charge in [-0.25, -0.2) is 4.79 Å². The summed E-state index contributed by atoms with van der Waals surface area (Å²) in [6.45, 7) is 4.77. The number of hydrogen-bond acceptors (Lipinski definition) is 4. The first kappa shape index (κ1) is 33.0. The van der Waals surface area contributed by atoms with Crippen LogP contribution in [0.25, 0.3) is 0 Å². The van der Waals surface area contributed by atoms with Crippen molar-refractivity contribution in [3.05, 3.63) is 0 Å². The van der Waals surface area contributed by atoms with E-state index < -0.39 is 18.0 Å². The van der Waals surface area contributed by atoms with Gasteiger partial charge in [0.05, 0.1) is 0 Å². The molecule has 0 bridgehead atoms. The molecule has 0 heterocycles. The highest BCUT2D eigenvalue weighted by atomic mass is 16.4. The fourth-order valence-corrected chi connectivity index (χ4v) is 2.65. The largest absolute Gasteiger partial charge is 0.481 e. The Morgan fingerprint density at radius 3 is 1.13 bits per heavy atom. The van der Waals surface area contributed by atoms with Gasteiger partial charge >= 0.3 is 11.9 Å². The second-order valence-electron chi connectivity index (χ2n) is 7.72. The van der Waals surface area contributed by atoms with E-state index in [0.717, 1.165) is 12.8 Å². The van der Waals surface area contributed by atoms with Crippen LogP contribution in [0.15, 0.2) is 0 Å². The number of unbranched alkanes of at least 4 members (excludes halogenated alkanes) is 14. The Morgan fingerprint density at radius 2 is 0.933 bits per heavy atom. The second-order valence-corrected chi connectivity index (χ2v) is 7.72. The van der Waals surface area contributed by atoms with E-state index in [1.165, 1.54) is 97.3 Å². The molecule has 0 aromatic heterocycles. The van der Waals surface area contributed by atoms with Crippen LogP contribution < -0.4 is 5.73 Å². The smallest absolute Gasteiger partial charge is 0.332 e. The third kappa shape index (κ3) is 45.2. The monoisotopic (exact) mass is 433 g/mol. The maximum atomic E-state index is 10.3. The number of carbonyl (C=O) groups excluding carboxylic acids is 1. The summed E-state index contributed by atoms with van der Waals surface area (Å²) < 4.78 is 0. The van der Waals surface area contributed by atoms with Gasteiger partial charge in [0.15, 0.2) is 0 Å². The molecule has 0 radical (unpaired) electrons. The molecule has 7 nitrogen and oxygen atoms in total. The maximum Gasteiger partial charge on any atom is 0.332 e. The van der Waals surface area contributed by atoms with Crippen molar-refractivity contribution in [1.29, 1.82) is 0 Å². The van der Waals surface area contributed by atoms with E-state index in [-0.39, 0.29) is 5.91 Å². The Kier molecular flexibility index (Phi) is 30.1. The van der Waals surface area contributed by atoms with Gasteiger partial charge in [-0.05, 0) is 13.3 Å². The van der Waals surface area contributed by atoms with Gasteiger partial charge in [0.1, 0.15) is 6.10 Å². The van der Waals surface area contributed by atoms with Gasteiger partial charge in [-0.2, -0.15) is 0 Å². The summed E-state index contributed by atoms with van der Waals surface area (Å²) in [7, 11) is 0. The quantitative estimate of drug-likeness (QED) is 0.230. The Bertz CT molecular complexity index is 395. The zero-order valence-electron chi connectivity index (χ0n) is 19.5. The van der Waals surface area contributed by atoms with Crippen molar-refractivity contribution in [2.45, 2.75) is 130 Å². The zero-order chi connectivity index (χ0) is 23.6. The summed E-state index contributed by atoms with van der Waals surface area (Å²) in [5.74, 6) is -2.17. The number of aliphatic hydroxyl groups is 1. The van der Waals surface area contributed by atoms with E-state index in [1.807, 2.05) is 0 Å². The summed E-state index contributed by atoms with van der Waals surface area (Å²) in [4.78, 5) is 29.0. The molecule has 0 saturated carbocycles. The average molecular weight is 434 g/mol. The van der Waals surface area contributed by atoms with Crippen molar-refractivity contribution in [3.8, 4) is 0 Å². The Labute approximate surface area is 183 Å². The molecule has 0 spiro atoms. The lowest BCUT2D eigenvalue weighted by Gasteiger charge is -2.03. The lowest BCUT2D eigenvalue weighted by molar-refractivity contribution is -0.145. The highest BCUT2D eigenvalue weighted by Gasteiger charge is 2.01. The molecule has 30 heavy (non-hydrogen) atoms. The number of carbonyl (C=O) groups is 3. The highest BCUT2D eigenvalue weighted by molar-refractivity contribution is 5.71. The van der Waals surface area contributed by atoms with Gasteiger partial charge in [0, 0.05) is 13.3 Å². The highest BCUT2D eigenvalue weighted by Crippen LogP contribution is 2.13. The molecule has 0 aromatic rings. The predicted octanol–water partition coefficient (Wildman–Crippen LogP) is 5.28. The Morgan fingerprint density at radius 1 is 0.700 bits per heavy atom. The summed E-state index contributed by atoms with van der Waals surface area (Å²) in [5.41, 5.74) is 4.47. The van der Waals surface area contributed by atoms with Crippen molar-refractivity contribution in [2.24, 2.45) is 5.73 Å². The fourth-order valence-electron chi connectivity index (χ4n) is 2.65. The molecule has 1 unspecified atom stereocenters. The van der Waals surface area contributed by atoms with Gasteiger partial charge in [-0.3, -0.25) is 9.59 Å². The molecule has 0 saturated heterocycles. The Balaban J connectivity index is -0.000000600. The molecule has 1 atom stereocenters. The first-order valence-electron chi connectivity index (χ1n) is 11.5. The Hall–Kier alpha value is -1.63. The van der Waals surface area contributed by atoms with Gasteiger partial charge in [-0.15, -0.1) is 0 Å². The van der Waals surface area contributed by atoms with Crippen LogP contribution in [0, 0.1) is 0 Å². The summed E-state index contributed by atoms with van der Waals surface area (Å²) in [6.07, 6.45) is 19.0. The molecule has 0 aliphatic heterocycles. The van der Waals surface area contributed by atoms with Crippen LogP contribution in [-0.2, 0) is 14.4 Å². The fraction of sp³-hybridized carbons (Fsp3) is 0.870. The lowest BCUT2D eigenvalue weighted by atomic mass is 10.0. The number of amides is 1. The van der Waals surface area contributed by atoms with Crippen LogP contribution in [0.1, 0.15) is 124 Å². The number of rotatable bonds is 17. The van der Waals surface area contributed by atoms with Gasteiger partial charge in [-0.1, -0.05) is 96.8 Å². The van der Waals surface area contributed by atoms with E-state index in [0.29, 0.717) is 6.42 Å². The molecule has 0 rings (SSSR count). The number of primary amides is 1. The van der Waals surface area contributed by atoms with Crippen LogP contribution in [0.4, 0.5) is 0 Å². The normalized spacial score (nSPS) is 10.8. The van der Waals surface area contributed by atoms with Crippen molar-refractivity contribution in [3.63, 3.8) is 0 Å². The molecule has 0 aromatic carbocycles. The number of aliphatic carboxylic acids is 2. The molecule has 7 heteroatoms. The van der Waals surface area contributed by atoms with Crippen molar-refractivity contribution in [1.82, 2.24) is 0 Å². The minimum Gasteiger partial charge on any atom is -0.481 e. The molecule has 0 aliphatic rings. The first-order valence-corrected chi connectivity index (χ1v) is 11.5. The van der Waals surface area contributed by atoms with E-state index in [4.69, 9.17) is 15.3 Å². The summed E-state index contributed by atoms with van der Waals surface area (Å²) in [5, 5.41) is 24.3. The standard InChI is InChI=1S/C18H36O2.C3H6O3.C2H5NO/c1-2-3-4-5-6-7-8-9-10-11-12-13-14-15-16-17-18(19)20;1-2(4)3(5)6;1-2(3)4/h2-17H2,1H3,(H,19,20);2,4H,1H3,(H,5,6);1H3,(H2,3,4). The topological polar surface area (TPSA) is 138 Å². The number of carboxylic acids is 2. The summed E-state index contributed by atoms with van der Waals surface area (Å²) in [6, 6.07) is 0. The molecule has 180 valence electrons. The number of aliphatic hydroxyl groups excluding tert-OH is 1. The van der Waals surface area contributed by atoms with Crippen LogP contribution >= 0.6 is 0 Å². The lowest BCUT2D eigenvalue weighted by Crippen LogP contribution is -2.13. The van der Waals surface area contributed by atoms with E-state index >= 15 is 0 Å². The van der Waals surface area contributed by atoms with Crippen LogP contribution in [0.2, 0.25) is 0 Å². The van der Waals surface area contributed by atoms with Gasteiger partial charge in [0.2, 0.25) is 5.91 Å². The number of carboxylic acid groups (broad SMARTS) is 2. The third-order valence-corrected chi connectivity index (χ3v) is 4.35. The maximum absolute atomic E-state index is 10.3. The van der Waals surface area contributed by atoms with Crippen LogP contribution in [0.3, 0.4) is 0 Å². The predicted molar refractivity (Wildman–Crippen MR) is 121 cm³/mol.